The van der Waals surface area contributed by atoms with Gasteiger partial charge in [0.15, 0.2) is 27.3 Å². The van der Waals surface area contributed by atoms with Gasteiger partial charge < -0.3 is 10.4 Å². The predicted molar refractivity (Wildman–Crippen MR) is 136 cm³/mol. The van der Waals surface area contributed by atoms with Gasteiger partial charge in [0, 0.05) is 35.8 Å². The highest BCUT2D eigenvalue weighted by atomic mass is 35.5. The summed E-state index contributed by atoms with van der Waals surface area (Å²) in [6.07, 6.45) is 4.24. The van der Waals surface area contributed by atoms with E-state index in [4.69, 9.17) is 11.6 Å². The number of anilines is 1. The lowest BCUT2D eigenvalue weighted by Crippen LogP contribution is -2.54. The Hall–Kier alpha value is -2.89. The number of rotatable bonds is 7. The molecule has 1 aliphatic rings. The molecule has 0 spiro atoms. The van der Waals surface area contributed by atoms with E-state index >= 15 is 0 Å². The molecule has 1 fully saturated rings. The van der Waals surface area contributed by atoms with E-state index in [-0.39, 0.29) is 46.5 Å². The van der Waals surface area contributed by atoms with Gasteiger partial charge in [-0.25, -0.2) is 21.6 Å². The van der Waals surface area contributed by atoms with Crippen LogP contribution < -0.4 is 5.32 Å². The molecule has 12 heteroatoms. The molecule has 1 unspecified atom stereocenters. The lowest BCUT2D eigenvalue weighted by atomic mass is 9.67. The molecule has 0 saturated heterocycles. The van der Waals surface area contributed by atoms with Crippen LogP contribution >= 0.6 is 11.6 Å². The third kappa shape index (κ3) is 5.32. The summed E-state index contributed by atoms with van der Waals surface area (Å²) in [4.78, 5) is 12.5. The topological polar surface area (TPSA) is 101 Å². The number of aromatic nitrogens is 2. The van der Waals surface area contributed by atoms with E-state index < -0.39 is 50.0 Å². The molecule has 7 nitrogen and oxygen atoms in total. The third-order valence-corrected chi connectivity index (χ3v) is 10.0. The largest absolute Gasteiger partial charge is 0.387 e. The summed E-state index contributed by atoms with van der Waals surface area (Å²) in [6.45, 7) is 3.92. The van der Waals surface area contributed by atoms with Crippen LogP contribution in [0.5, 0.6) is 0 Å². The Balaban J connectivity index is 1.60. The van der Waals surface area contributed by atoms with Crippen molar-refractivity contribution in [3.05, 3.63) is 76.8 Å². The van der Waals surface area contributed by atoms with Crippen LogP contribution in [0.1, 0.15) is 43.5 Å². The number of carbonyl (C=O) groups excluding carboxylic acids is 1. The van der Waals surface area contributed by atoms with Crippen LogP contribution in [-0.2, 0) is 16.4 Å². The first kappa shape index (κ1) is 28.1. The molecule has 38 heavy (non-hydrogen) atoms. The van der Waals surface area contributed by atoms with Crippen molar-refractivity contribution in [1.82, 2.24) is 9.78 Å². The zero-order valence-electron chi connectivity index (χ0n) is 20.7. The van der Waals surface area contributed by atoms with Crippen molar-refractivity contribution in [2.75, 3.05) is 5.32 Å². The van der Waals surface area contributed by atoms with Gasteiger partial charge in [0.05, 0.1) is 27.3 Å². The highest BCUT2D eigenvalue weighted by Gasteiger charge is 2.50. The van der Waals surface area contributed by atoms with Gasteiger partial charge in [-0.2, -0.15) is 5.10 Å². The van der Waals surface area contributed by atoms with E-state index in [2.05, 4.69) is 10.4 Å². The first-order chi connectivity index (χ1) is 17.9. The Bertz CT molecular complexity index is 1430. The standard InChI is InChI=1S/C26H27ClF3N3O4S/c1-3-17-11-19(9-15(2)26(17,35)14-33-8-4-7-31-33)38(36,37)23-10-16(5-6-20(23)27)25(34)32-18-12-21(28)24(30)22(29)13-18/h4-8,10,12-13,15,17,19,35H,3,9,11,14H2,1-2H3,(H,32,34)/t15-,17?,19-,26-/m0/s1. The smallest absolute Gasteiger partial charge is 0.255 e. The quantitative estimate of drug-likeness (QED) is 0.379. The second kappa shape index (κ2) is 10.7. The Labute approximate surface area is 223 Å². The average molecular weight is 570 g/mol. The number of aliphatic hydroxyl groups is 1. The van der Waals surface area contributed by atoms with Gasteiger partial charge in [-0.3, -0.25) is 9.48 Å². The number of halogens is 4. The highest BCUT2D eigenvalue weighted by molar-refractivity contribution is 7.92. The first-order valence-corrected chi connectivity index (χ1v) is 14.0. The number of sulfone groups is 1. The van der Waals surface area contributed by atoms with Crippen molar-refractivity contribution in [1.29, 1.82) is 0 Å². The fraction of sp³-hybridized carbons (Fsp3) is 0.385. The molecule has 1 heterocycles. The van der Waals surface area contributed by atoms with Crippen LogP contribution in [0.15, 0.2) is 53.7 Å². The van der Waals surface area contributed by atoms with E-state index in [1.165, 1.54) is 12.1 Å². The van der Waals surface area contributed by atoms with E-state index in [1.807, 2.05) is 6.92 Å². The Kier molecular flexibility index (Phi) is 7.92. The molecule has 2 N–H and O–H groups in total. The van der Waals surface area contributed by atoms with Crippen molar-refractivity contribution in [2.24, 2.45) is 11.8 Å². The molecular formula is C26H27ClF3N3O4S. The van der Waals surface area contributed by atoms with E-state index in [9.17, 15) is 31.5 Å². The summed E-state index contributed by atoms with van der Waals surface area (Å²) in [5.41, 5.74) is -1.63. The Morgan fingerprint density at radius 3 is 2.50 bits per heavy atom. The summed E-state index contributed by atoms with van der Waals surface area (Å²) in [6, 6.07) is 6.62. The van der Waals surface area contributed by atoms with Gasteiger partial charge in [-0.1, -0.05) is 31.9 Å². The molecule has 0 bridgehead atoms. The first-order valence-electron chi connectivity index (χ1n) is 12.1. The normalized spacial score (nSPS) is 23.8. The molecule has 0 radical (unpaired) electrons. The van der Waals surface area contributed by atoms with Crippen LogP contribution in [0.25, 0.3) is 0 Å². The zero-order valence-corrected chi connectivity index (χ0v) is 22.2. The van der Waals surface area contributed by atoms with Gasteiger partial charge in [0.25, 0.3) is 5.91 Å². The second-order valence-corrected chi connectivity index (χ2v) is 12.3. The molecule has 1 aliphatic carbocycles. The summed E-state index contributed by atoms with van der Waals surface area (Å²) >= 11 is 6.27. The molecule has 204 valence electrons. The summed E-state index contributed by atoms with van der Waals surface area (Å²) in [5, 5.41) is 17.0. The molecule has 0 aliphatic heterocycles. The van der Waals surface area contributed by atoms with Crippen molar-refractivity contribution in [2.45, 2.75) is 55.4 Å². The Morgan fingerprint density at radius 2 is 1.89 bits per heavy atom. The minimum atomic E-state index is -4.04. The maximum Gasteiger partial charge on any atom is 0.255 e. The monoisotopic (exact) mass is 569 g/mol. The molecule has 1 saturated carbocycles. The molecule has 1 amide bonds. The second-order valence-electron chi connectivity index (χ2n) is 9.69. The van der Waals surface area contributed by atoms with E-state index in [1.54, 1.807) is 30.1 Å². The number of amides is 1. The fourth-order valence-electron chi connectivity index (χ4n) is 5.20. The van der Waals surface area contributed by atoms with Crippen LogP contribution in [-0.4, -0.2) is 40.1 Å². The fourth-order valence-corrected chi connectivity index (χ4v) is 7.66. The number of nitrogens with zero attached hydrogens (tertiary/aromatic N) is 2. The van der Waals surface area contributed by atoms with Crippen LogP contribution in [0, 0.1) is 29.3 Å². The van der Waals surface area contributed by atoms with Gasteiger partial charge in [-0.05, 0) is 48.9 Å². The maximum absolute atomic E-state index is 13.7. The SMILES string of the molecule is CCC1C[C@@H](S(=O)(=O)c2cc(C(=O)Nc3cc(F)c(F)c(F)c3)ccc2Cl)C[C@H](C)[C@@]1(O)Cn1cccn1. The van der Waals surface area contributed by atoms with Gasteiger partial charge in [-0.15, -0.1) is 0 Å². The third-order valence-electron chi connectivity index (χ3n) is 7.37. The molecule has 1 aromatic heterocycles. The van der Waals surface area contributed by atoms with Crippen LogP contribution in [0.2, 0.25) is 5.02 Å². The highest BCUT2D eigenvalue weighted by Crippen LogP contribution is 2.45. The molecular weight excluding hydrogens is 543 g/mol. The van der Waals surface area contributed by atoms with Crippen LogP contribution in [0.3, 0.4) is 0 Å². The van der Waals surface area contributed by atoms with Gasteiger partial charge in [0.1, 0.15) is 0 Å². The van der Waals surface area contributed by atoms with Crippen LogP contribution in [0.4, 0.5) is 18.9 Å². The molecule has 4 atom stereocenters. The van der Waals surface area contributed by atoms with Crippen molar-refractivity contribution in [3.63, 3.8) is 0 Å². The van der Waals surface area contributed by atoms with Crippen molar-refractivity contribution in [3.8, 4) is 0 Å². The van der Waals surface area contributed by atoms with Crippen molar-refractivity contribution >= 4 is 33.0 Å². The predicted octanol–water partition coefficient (Wildman–Crippen LogP) is 5.24. The van der Waals surface area contributed by atoms with E-state index in [0.29, 0.717) is 18.6 Å². The number of hydrogen-bond donors (Lipinski definition) is 2. The lowest BCUT2D eigenvalue weighted by molar-refractivity contribution is -0.102. The molecule has 3 aromatic rings. The van der Waals surface area contributed by atoms with Crippen molar-refractivity contribution < 1.29 is 31.5 Å². The number of nitrogens with one attached hydrogen (secondary N) is 1. The van der Waals surface area contributed by atoms with E-state index in [0.717, 1.165) is 6.07 Å². The average Bonchev–Trinajstić information content (AvgIpc) is 3.36. The summed E-state index contributed by atoms with van der Waals surface area (Å²) < 4.78 is 69.4. The number of benzene rings is 2. The minimum Gasteiger partial charge on any atom is -0.387 e. The number of hydrogen-bond acceptors (Lipinski definition) is 5. The van der Waals surface area contributed by atoms with Gasteiger partial charge in [0.2, 0.25) is 0 Å². The van der Waals surface area contributed by atoms with Gasteiger partial charge >= 0.3 is 0 Å². The lowest BCUT2D eigenvalue weighted by Gasteiger charge is -2.47. The maximum atomic E-state index is 13.7. The summed E-state index contributed by atoms with van der Waals surface area (Å²) in [5.74, 6) is -6.23. The minimum absolute atomic E-state index is 0.0847. The number of carbonyl (C=O) groups is 1. The molecule has 4 rings (SSSR count). The Morgan fingerprint density at radius 1 is 1.21 bits per heavy atom. The molecule has 2 aromatic carbocycles. The zero-order chi connectivity index (χ0) is 27.8. The summed E-state index contributed by atoms with van der Waals surface area (Å²) in [7, 11) is -4.04.